The summed E-state index contributed by atoms with van der Waals surface area (Å²) in [5, 5.41) is 9.63. The molecule has 0 aromatic carbocycles. The maximum atomic E-state index is 12.8. The molecule has 0 saturated carbocycles. The summed E-state index contributed by atoms with van der Waals surface area (Å²) in [6.45, 7) is 4.75. The Bertz CT molecular complexity index is 1000. The van der Waals surface area contributed by atoms with Crippen LogP contribution in [0.5, 0.6) is 0 Å². The lowest BCUT2D eigenvalue weighted by Crippen LogP contribution is -2.50. The van der Waals surface area contributed by atoms with Gasteiger partial charge in [0.05, 0.1) is 34.4 Å². The second-order valence-electron chi connectivity index (χ2n) is 17.7. The van der Waals surface area contributed by atoms with Gasteiger partial charge in [0.1, 0.15) is 6.61 Å². The van der Waals surface area contributed by atoms with Crippen LogP contribution in [0, 0.1) is 0 Å². The van der Waals surface area contributed by atoms with E-state index in [1.165, 1.54) is 141 Å². The number of carbonyl (C=O) groups is 3. The number of allylic oxidation sites excluding steroid dienone is 4. The van der Waals surface area contributed by atoms with Crippen molar-refractivity contribution in [2.45, 2.75) is 238 Å². The monoisotopic (exact) mass is 821 g/mol. The molecule has 2 atom stereocenters. The Morgan fingerprint density at radius 2 is 0.914 bits per heavy atom. The van der Waals surface area contributed by atoms with Gasteiger partial charge in [0, 0.05) is 19.3 Å². The van der Waals surface area contributed by atoms with E-state index in [4.69, 9.17) is 14.2 Å². The predicted molar refractivity (Wildman–Crippen MR) is 243 cm³/mol. The van der Waals surface area contributed by atoms with Gasteiger partial charge >= 0.3 is 17.9 Å². The molecule has 8 heteroatoms. The first-order valence-electron chi connectivity index (χ1n) is 24.4. The molecule has 0 aliphatic carbocycles. The lowest BCUT2D eigenvalue weighted by atomic mass is 10.0. The van der Waals surface area contributed by atoms with Crippen molar-refractivity contribution in [2.75, 3.05) is 41.0 Å². The van der Waals surface area contributed by atoms with E-state index >= 15 is 0 Å². The van der Waals surface area contributed by atoms with Gasteiger partial charge in [0.15, 0.2) is 12.1 Å². The van der Waals surface area contributed by atoms with Crippen LogP contribution < -0.4 is 0 Å². The number of quaternary nitrogens is 1. The van der Waals surface area contributed by atoms with Gasteiger partial charge in [0.2, 0.25) is 0 Å². The highest BCUT2D eigenvalue weighted by molar-refractivity contribution is 5.72. The third-order valence-corrected chi connectivity index (χ3v) is 11.1. The van der Waals surface area contributed by atoms with Crippen LogP contribution in [-0.4, -0.2) is 80.6 Å². The van der Waals surface area contributed by atoms with Crippen LogP contribution in [0.2, 0.25) is 0 Å². The Morgan fingerprint density at radius 1 is 0.517 bits per heavy atom. The van der Waals surface area contributed by atoms with E-state index < -0.39 is 18.1 Å². The van der Waals surface area contributed by atoms with Gasteiger partial charge in [-0.3, -0.25) is 9.59 Å². The highest BCUT2D eigenvalue weighted by Crippen LogP contribution is 2.15. The topological polar surface area (TPSA) is 99.1 Å². The first kappa shape index (κ1) is 55.8. The van der Waals surface area contributed by atoms with Gasteiger partial charge in [-0.25, -0.2) is 4.79 Å². The Morgan fingerprint density at radius 3 is 1.33 bits per heavy atom. The fraction of sp³-hybridized carbons (Fsp3) is 0.860. The lowest BCUT2D eigenvalue weighted by Gasteiger charge is -2.31. The Balaban J connectivity index is 4.24. The fourth-order valence-corrected chi connectivity index (χ4v) is 7.30. The Hall–Kier alpha value is -2.19. The van der Waals surface area contributed by atoms with Crippen molar-refractivity contribution in [1.29, 1.82) is 0 Å². The summed E-state index contributed by atoms with van der Waals surface area (Å²) in [6, 6.07) is -0.613. The lowest BCUT2D eigenvalue weighted by molar-refractivity contribution is -0.887. The Kier molecular flexibility index (Phi) is 40.0. The number of ether oxygens (including phenoxy) is 3. The number of carbonyl (C=O) groups excluding carboxylic acids is 2. The van der Waals surface area contributed by atoms with E-state index in [9.17, 15) is 19.5 Å². The van der Waals surface area contributed by atoms with Crippen molar-refractivity contribution in [3.63, 3.8) is 0 Å². The fourth-order valence-electron chi connectivity index (χ4n) is 7.30. The summed E-state index contributed by atoms with van der Waals surface area (Å²) in [5.41, 5.74) is 0. The molecule has 340 valence electrons. The number of hydrogen-bond donors (Lipinski definition) is 1. The number of hydrogen-bond acceptors (Lipinski definition) is 6. The minimum Gasteiger partial charge on any atom is -0.477 e. The van der Waals surface area contributed by atoms with Gasteiger partial charge in [-0.15, -0.1) is 0 Å². The van der Waals surface area contributed by atoms with Crippen LogP contribution >= 0.6 is 0 Å². The highest BCUT2D eigenvalue weighted by atomic mass is 16.6. The molecule has 2 unspecified atom stereocenters. The van der Waals surface area contributed by atoms with Crippen LogP contribution in [0.15, 0.2) is 24.3 Å². The molecule has 0 spiro atoms. The highest BCUT2D eigenvalue weighted by Gasteiger charge is 2.31. The van der Waals surface area contributed by atoms with E-state index in [1.807, 2.05) is 21.1 Å². The quantitative estimate of drug-likeness (QED) is 0.0283. The third-order valence-electron chi connectivity index (χ3n) is 11.1. The van der Waals surface area contributed by atoms with E-state index in [0.717, 1.165) is 51.4 Å². The Labute approximate surface area is 358 Å². The molecule has 0 aromatic heterocycles. The van der Waals surface area contributed by atoms with Gasteiger partial charge in [-0.05, 0) is 44.9 Å². The normalized spacial score (nSPS) is 13.1. The van der Waals surface area contributed by atoms with Crippen LogP contribution in [0.25, 0.3) is 0 Å². The predicted octanol–water partition coefficient (Wildman–Crippen LogP) is 13.6. The van der Waals surface area contributed by atoms with Gasteiger partial charge in [-0.1, -0.05) is 186 Å². The van der Waals surface area contributed by atoms with Gasteiger partial charge in [0.25, 0.3) is 0 Å². The number of nitrogens with zero attached hydrogens (tertiary/aromatic N) is 1. The van der Waals surface area contributed by atoms with Crippen LogP contribution in [-0.2, 0) is 28.6 Å². The first-order valence-corrected chi connectivity index (χ1v) is 24.4. The molecule has 0 aliphatic heterocycles. The summed E-state index contributed by atoms with van der Waals surface area (Å²) in [4.78, 5) is 37.0. The van der Waals surface area contributed by atoms with Gasteiger partial charge < -0.3 is 23.8 Å². The van der Waals surface area contributed by atoms with Crippen molar-refractivity contribution in [1.82, 2.24) is 0 Å². The maximum Gasteiger partial charge on any atom is 0.362 e. The molecule has 0 fully saturated rings. The largest absolute Gasteiger partial charge is 0.477 e. The third kappa shape index (κ3) is 39.3. The van der Waals surface area contributed by atoms with E-state index in [1.54, 1.807) is 0 Å². The van der Waals surface area contributed by atoms with Crippen LogP contribution in [0.3, 0.4) is 0 Å². The van der Waals surface area contributed by atoms with Crippen molar-refractivity contribution >= 4 is 17.9 Å². The summed E-state index contributed by atoms with van der Waals surface area (Å²) >= 11 is 0. The SMILES string of the molecule is CCCCCCCCCC/C=C/C/C=C/CCCCCCCCCC(=O)OC(COCCC(C(=O)O)[N+](C)(C)C)COC(=O)CCCCCCCCCCCCCC. The number of carboxylic acid groups (broad SMARTS) is 1. The molecule has 8 nitrogen and oxygen atoms in total. The first-order chi connectivity index (χ1) is 28.1. The van der Waals surface area contributed by atoms with Crippen molar-refractivity contribution < 1.29 is 38.2 Å². The number of unbranched alkanes of at least 4 members (excludes halogenated alkanes) is 26. The van der Waals surface area contributed by atoms with E-state index in [0.29, 0.717) is 19.3 Å². The van der Waals surface area contributed by atoms with E-state index in [-0.39, 0.29) is 36.2 Å². The number of likely N-dealkylation sites (N-methyl/N-ethyl adjacent to an activating group) is 1. The zero-order valence-electron chi connectivity index (χ0n) is 38.8. The molecule has 0 amide bonds. The van der Waals surface area contributed by atoms with E-state index in [2.05, 4.69) is 38.2 Å². The molecule has 1 N–H and O–H groups in total. The molecule has 0 aromatic rings. The molecular formula is C50H94NO7+. The van der Waals surface area contributed by atoms with Gasteiger partial charge in [-0.2, -0.15) is 0 Å². The number of esters is 2. The average molecular weight is 821 g/mol. The van der Waals surface area contributed by atoms with Crippen molar-refractivity contribution in [3.8, 4) is 0 Å². The molecule has 0 aliphatic rings. The molecule has 58 heavy (non-hydrogen) atoms. The smallest absolute Gasteiger partial charge is 0.362 e. The maximum absolute atomic E-state index is 12.8. The number of carboxylic acids is 1. The molecule has 0 saturated heterocycles. The molecule has 0 rings (SSSR count). The minimum absolute atomic E-state index is 0.0498. The number of rotatable bonds is 44. The number of aliphatic carboxylic acids is 1. The van der Waals surface area contributed by atoms with Crippen molar-refractivity contribution in [3.05, 3.63) is 24.3 Å². The second-order valence-corrected chi connectivity index (χ2v) is 17.7. The summed E-state index contributed by atoms with van der Waals surface area (Å²) in [5.74, 6) is -1.46. The standard InChI is InChI=1S/C50H93NO7/c1-6-8-10-12-14-16-18-20-21-22-23-24-25-26-27-28-29-31-33-35-37-39-41-49(53)58-46(44-56-43-42-47(50(54)55)51(3,4)5)45-57-48(52)40-38-36-34-32-30-19-17-15-13-11-9-7-2/h22-23,25-26,46-47H,6-21,24,27-45H2,1-5H3/p+1/b23-22+,26-25+. The molecular weight excluding hydrogens is 727 g/mol. The van der Waals surface area contributed by atoms with Crippen molar-refractivity contribution in [2.24, 2.45) is 0 Å². The summed E-state index contributed by atoms with van der Waals surface area (Å²) < 4.78 is 17.3. The second kappa shape index (κ2) is 41.5. The minimum atomic E-state index is -0.874. The molecule has 0 heterocycles. The van der Waals surface area contributed by atoms with Crippen LogP contribution in [0.4, 0.5) is 0 Å². The summed E-state index contributed by atoms with van der Waals surface area (Å²) in [7, 11) is 5.53. The molecule has 0 bridgehead atoms. The summed E-state index contributed by atoms with van der Waals surface area (Å²) in [6.07, 6.45) is 46.5. The molecule has 0 radical (unpaired) electrons. The zero-order valence-corrected chi connectivity index (χ0v) is 38.8. The van der Waals surface area contributed by atoms with Crippen LogP contribution in [0.1, 0.15) is 226 Å². The average Bonchev–Trinajstić information content (AvgIpc) is 3.18. The zero-order chi connectivity index (χ0) is 42.8.